The van der Waals surface area contributed by atoms with Crippen LogP contribution in [0.15, 0.2) is 29.3 Å². The minimum atomic E-state index is 0.103. The van der Waals surface area contributed by atoms with Crippen LogP contribution in [0.4, 0.5) is 0 Å². The summed E-state index contributed by atoms with van der Waals surface area (Å²) >= 11 is 0. The van der Waals surface area contributed by atoms with Gasteiger partial charge in [0, 0.05) is 6.04 Å². The van der Waals surface area contributed by atoms with Crippen molar-refractivity contribution in [2.24, 2.45) is 0 Å². The van der Waals surface area contributed by atoms with Gasteiger partial charge in [-0.25, -0.2) is 4.98 Å². The van der Waals surface area contributed by atoms with Crippen LogP contribution in [0.25, 0.3) is 10.9 Å². The number of hydrogen-bond acceptors (Lipinski definition) is 2. The highest BCUT2D eigenvalue weighted by Crippen LogP contribution is 2.33. The summed E-state index contributed by atoms with van der Waals surface area (Å²) in [7, 11) is 0. The Labute approximate surface area is 87.4 Å². The molecular weight excluding hydrogens is 188 g/mol. The summed E-state index contributed by atoms with van der Waals surface area (Å²) in [4.78, 5) is 16.5. The van der Waals surface area contributed by atoms with Gasteiger partial charge in [-0.1, -0.05) is 12.1 Å². The predicted octanol–water partition coefficient (Wildman–Crippen LogP) is 2.04. The molecule has 1 aliphatic carbocycles. The summed E-state index contributed by atoms with van der Waals surface area (Å²) in [6.07, 6.45) is 3.91. The van der Waals surface area contributed by atoms with Crippen molar-refractivity contribution in [3.63, 3.8) is 0 Å². The quantitative estimate of drug-likeness (QED) is 0.706. The lowest BCUT2D eigenvalue weighted by molar-refractivity contribution is 0.698. The van der Waals surface area contributed by atoms with E-state index in [2.05, 4.69) is 4.98 Å². The Hall–Kier alpha value is -1.64. The average Bonchev–Trinajstić information content (AvgIpc) is 3.03. The van der Waals surface area contributed by atoms with Crippen molar-refractivity contribution < 1.29 is 0 Å². The third-order valence-corrected chi connectivity index (χ3v) is 2.95. The van der Waals surface area contributed by atoms with Crippen LogP contribution in [-0.4, -0.2) is 9.55 Å². The highest BCUT2D eigenvalue weighted by atomic mass is 16.1. The van der Waals surface area contributed by atoms with Crippen molar-refractivity contribution in [2.75, 3.05) is 0 Å². The van der Waals surface area contributed by atoms with Crippen LogP contribution in [0.5, 0.6) is 0 Å². The fraction of sp³-hybridized carbons (Fsp3) is 0.333. The largest absolute Gasteiger partial charge is 0.296 e. The van der Waals surface area contributed by atoms with Gasteiger partial charge in [0.25, 0.3) is 5.56 Å². The third kappa shape index (κ3) is 1.27. The van der Waals surface area contributed by atoms with Crippen LogP contribution < -0.4 is 5.56 Å². The van der Waals surface area contributed by atoms with E-state index in [1.807, 2.05) is 25.1 Å². The molecule has 0 aliphatic heterocycles. The normalized spacial score (nSPS) is 15.8. The first kappa shape index (κ1) is 8.65. The Bertz CT molecular complexity index is 582. The van der Waals surface area contributed by atoms with Gasteiger partial charge < -0.3 is 0 Å². The fourth-order valence-corrected chi connectivity index (χ4v) is 1.93. The van der Waals surface area contributed by atoms with Crippen molar-refractivity contribution in [3.05, 3.63) is 40.4 Å². The van der Waals surface area contributed by atoms with Crippen molar-refractivity contribution in [1.29, 1.82) is 0 Å². The first-order valence-corrected chi connectivity index (χ1v) is 5.24. The number of hydrogen-bond donors (Lipinski definition) is 0. The van der Waals surface area contributed by atoms with E-state index in [9.17, 15) is 4.79 Å². The second kappa shape index (κ2) is 2.92. The molecule has 3 heteroatoms. The Balaban J connectivity index is 2.37. The molecule has 0 amide bonds. The molecule has 1 fully saturated rings. The molecule has 3 rings (SSSR count). The lowest BCUT2D eigenvalue weighted by Gasteiger charge is -2.05. The smallest absolute Gasteiger partial charge is 0.261 e. The molecule has 15 heavy (non-hydrogen) atoms. The van der Waals surface area contributed by atoms with Gasteiger partial charge in [-0.3, -0.25) is 9.36 Å². The van der Waals surface area contributed by atoms with E-state index in [1.165, 1.54) is 0 Å². The van der Waals surface area contributed by atoms with Gasteiger partial charge in [0.1, 0.15) is 0 Å². The maximum atomic E-state index is 12.1. The van der Waals surface area contributed by atoms with Crippen LogP contribution in [0.1, 0.15) is 24.4 Å². The van der Waals surface area contributed by atoms with E-state index in [0.717, 1.165) is 29.3 Å². The van der Waals surface area contributed by atoms with E-state index in [1.54, 1.807) is 10.9 Å². The summed E-state index contributed by atoms with van der Waals surface area (Å²) in [5, 5.41) is 0.740. The Morgan fingerprint density at radius 1 is 1.40 bits per heavy atom. The topological polar surface area (TPSA) is 34.9 Å². The Morgan fingerprint density at radius 3 is 2.93 bits per heavy atom. The summed E-state index contributed by atoms with van der Waals surface area (Å²) < 4.78 is 1.77. The van der Waals surface area contributed by atoms with Crippen LogP contribution in [0.2, 0.25) is 0 Å². The molecule has 0 unspecified atom stereocenters. The molecule has 3 nitrogen and oxygen atoms in total. The fourth-order valence-electron chi connectivity index (χ4n) is 1.93. The van der Waals surface area contributed by atoms with Crippen molar-refractivity contribution in [1.82, 2.24) is 9.55 Å². The Kier molecular flexibility index (Phi) is 1.69. The number of aryl methyl sites for hydroxylation is 1. The molecule has 1 aliphatic rings. The van der Waals surface area contributed by atoms with E-state index >= 15 is 0 Å². The molecule has 0 atom stereocenters. The van der Waals surface area contributed by atoms with E-state index in [4.69, 9.17) is 0 Å². The molecular formula is C12H12N2O. The molecule has 76 valence electrons. The second-order valence-electron chi connectivity index (χ2n) is 4.16. The molecule has 1 heterocycles. The zero-order valence-electron chi connectivity index (χ0n) is 8.60. The van der Waals surface area contributed by atoms with Crippen LogP contribution in [0.3, 0.4) is 0 Å². The lowest BCUT2D eigenvalue weighted by Crippen LogP contribution is -2.19. The van der Waals surface area contributed by atoms with Gasteiger partial charge in [-0.05, 0) is 31.4 Å². The summed E-state index contributed by atoms with van der Waals surface area (Å²) in [5.74, 6) is 0. The van der Waals surface area contributed by atoms with Gasteiger partial charge in [0.05, 0.1) is 17.2 Å². The highest BCUT2D eigenvalue weighted by Gasteiger charge is 2.25. The van der Waals surface area contributed by atoms with Crippen LogP contribution in [0, 0.1) is 6.92 Å². The molecule has 0 saturated heterocycles. The first-order chi connectivity index (χ1) is 7.27. The molecule has 1 saturated carbocycles. The summed E-state index contributed by atoms with van der Waals surface area (Å²) in [6, 6.07) is 6.15. The average molecular weight is 200 g/mol. The number of aromatic nitrogens is 2. The lowest BCUT2D eigenvalue weighted by atomic mass is 10.1. The second-order valence-corrected chi connectivity index (χ2v) is 4.16. The van der Waals surface area contributed by atoms with Gasteiger partial charge in [-0.2, -0.15) is 0 Å². The number of nitrogens with zero attached hydrogens (tertiary/aromatic N) is 2. The maximum absolute atomic E-state index is 12.1. The monoisotopic (exact) mass is 200 g/mol. The maximum Gasteiger partial charge on any atom is 0.261 e. The van der Waals surface area contributed by atoms with Crippen molar-refractivity contribution >= 4 is 10.9 Å². The molecule has 1 aromatic heterocycles. The van der Waals surface area contributed by atoms with Crippen LogP contribution >= 0.6 is 0 Å². The summed E-state index contributed by atoms with van der Waals surface area (Å²) in [6.45, 7) is 1.98. The predicted molar refractivity (Wildman–Crippen MR) is 59.0 cm³/mol. The minimum absolute atomic E-state index is 0.103. The number of para-hydroxylation sites is 1. The zero-order chi connectivity index (χ0) is 10.4. The molecule has 1 aromatic carbocycles. The molecule has 2 aromatic rings. The van der Waals surface area contributed by atoms with Crippen LogP contribution in [-0.2, 0) is 0 Å². The third-order valence-electron chi connectivity index (χ3n) is 2.95. The van der Waals surface area contributed by atoms with E-state index in [-0.39, 0.29) is 5.56 Å². The van der Waals surface area contributed by atoms with Gasteiger partial charge >= 0.3 is 0 Å². The van der Waals surface area contributed by atoms with Gasteiger partial charge in [0.2, 0.25) is 0 Å². The molecule has 0 radical (unpaired) electrons. The zero-order valence-corrected chi connectivity index (χ0v) is 8.60. The van der Waals surface area contributed by atoms with Gasteiger partial charge in [-0.15, -0.1) is 0 Å². The van der Waals surface area contributed by atoms with E-state index < -0.39 is 0 Å². The summed E-state index contributed by atoms with van der Waals surface area (Å²) in [5.41, 5.74) is 2.00. The SMILES string of the molecule is Cc1cccc2c(=O)n(C3CC3)cnc12. The molecule has 0 bridgehead atoms. The van der Waals surface area contributed by atoms with Gasteiger partial charge in [0.15, 0.2) is 0 Å². The number of benzene rings is 1. The Morgan fingerprint density at radius 2 is 2.20 bits per heavy atom. The van der Waals surface area contributed by atoms with Crippen molar-refractivity contribution in [2.45, 2.75) is 25.8 Å². The van der Waals surface area contributed by atoms with Crippen molar-refractivity contribution in [3.8, 4) is 0 Å². The minimum Gasteiger partial charge on any atom is -0.296 e. The number of rotatable bonds is 1. The van der Waals surface area contributed by atoms with E-state index in [0.29, 0.717) is 6.04 Å². The first-order valence-electron chi connectivity index (χ1n) is 5.24. The highest BCUT2D eigenvalue weighted by molar-refractivity contribution is 5.80. The molecule has 0 N–H and O–H groups in total. The molecule has 0 spiro atoms. The standard InChI is InChI=1S/C12H12N2O/c1-8-3-2-4-10-11(8)13-7-14(12(10)15)9-5-6-9/h2-4,7,9H,5-6H2,1H3. The number of fused-ring (bicyclic) bond motifs is 1.